The van der Waals surface area contributed by atoms with Crippen LogP contribution in [-0.2, 0) is 11.3 Å². The van der Waals surface area contributed by atoms with E-state index in [4.69, 9.17) is 0 Å². The summed E-state index contributed by atoms with van der Waals surface area (Å²) in [5, 5.41) is 12.3. The highest BCUT2D eigenvalue weighted by Gasteiger charge is 2.38. The molecule has 2 rings (SSSR count). The Morgan fingerprint density at radius 1 is 1.32 bits per heavy atom. The second-order valence-electron chi connectivity index (χ2n) is 5.11. The van der Waals surface area contributed by atoms with E-state index in [0.29, 0.717) is 19.4 Å². The molecule has 1 aliphatic rings. The Bertz CT molecular complexity index is 456. The maximum atomic E-state index is 12.3. The number of hydrogen-bond acceptors (Lipinski definition) is 3. The van der Waals surface area contributed by atoms with Crippen LogP contribution in [0.2, 0.25) is 0 Å². The van der Waals surface area contributed by atoms with Crippen LogP contribution in [0.5, 0.6) is 0 Å². The van der Waals surface area contributed by atoms with Gasteiger partial charge in [-0.1, -0.05) is 31.7 Å². The van der Waals surface area contributed by atoms with Crippen molar-refractivity contribution < 1.29 is 4.79 Å². The van der Waals surface area contributed by atoms with Crippen LogP contribution in [0.15, 0.2) is 24.4 Å². The molecule has 100 valence electrons. The van der Waals surface area contributed by atoms with Crippen molar-refractivity contribution in [3.8, 4) is 6.07 Å². The number of rotatable bonds is 3. The van der Waals surface area contributed by atoms with Crippen LogP contribution < -0.4 is 5.32 Å². The molecule has 1 amide bonds. The van der Waals surface area contributed by atoms with Crippen LogP contribution in [0, 0.1) is 16.7 Å². The number of carbonyl (C=O) groups is 1. The molecule has 1 N–H and O–H groups in total. The molecule has 1 aromatic heterocycles. The van der Waals surface area contributed by atoms with Crippen molar-refractivity contribution in [3.63, 3.8) is 0 Å². The van der Waals surface area contributed by atoms with Gasteiger partial charge in [0.2, 0.25) is 5.91 Å². The third-order valence-corrected chi connectivity index (χ3v) is 3.76. The van der Waals surface area contributed by atoms with Gasteiger partial charge >= 0.3 is 0 Å². The van der Waals surface area contributed by atoms with Crippen LogP contribution in [-0.4, -0.2) is 10.9 Å². The maximum Gasteiger partial charge on any atom is 0.240 e. The fourth-order valence-electron chi connectivity index (χ4n) is 2.56. The van der Waals surface area contributed by atoms with Crippen molar-refractivity contribution in [2.24, 2.45) is 5.41 Å². The number of carbonyl (C=O) groups excluding carboxylic acids is 1. The van der Waals surface area contributed by atoms with Gasteiger partial charge in [0.15, 0.2) is 0 Å². The van der Waals surface area contributed by atoms with Gasteiger partial charge in [0.05, 0.1) is 18.3 Å². The SMILES string of the molecule is N#CC1(C(=O)NCc2ccccn2)CCCCCC1. The van der Waals surface area contributed by atoms with Crippen LogP contribution >= 0.6 is 0 Å². The Morgan fingerprint density at radius 3 is 2.63 bits per heavy atom. The predicted molar refractivity (Wildman–Crippen MR) is 71.8 cm³/mol. The van der Waals surface area contributed by atoms with Gasteiger partial charge in [-0.15, -0.1) is 0 Å². The lowest BCUT2D eigenvalue weighted by atomic mass is 9.81. The average molecular weight is 257 g/mol. The summed E-state index contributed by atoms with van der Waals surface area (Å²) in [6, 6.07) is 7.86. The zero-order valence-electron chi connectivity index (χ0n) is 11.1. The van der Waals surface area contributed by atoms with E-state index in [9.17, 15) is 10.1 Å². The molecule has 0 saturated heterocycles. The van der Waals surface area contributed by atoms with E-state index in [0.717, 1.165) is 31.4 Å². The number of pyridine rings is 1. The van der Waals surface area contributed by atoms with Gasteiger partial charge in [0.25, 0.3) is 0 Å². The van der Waals surface area contributed by atoms with Crippen LogP contribution in [0.25, 0.3) is 0 Å². The topological polar surface area (TPSA) is 65.8 Å². The van der Waals surface area contributed by atoms with Crippen LogP contribution in [0.1, 0.15) is 44.2 Å². The lowest BCUT2D eigenvalue weighted by molar-refractivity contribution is -0.129. The molecular formula is C15H19N3O. The summed E-state index contributed by atoms with van der Waals surface area (Å²) in [7, 11) is 0. The number of aromatic nitrogens is 1. The average Bonchev–Trinajstić information content (AvgIpc) is 2.72. The molecule has 0 radical (unpaired) electrons. The number of nitriles is 1. The Hall–Kier alpha value is -1.89. The minimum absolute atomic E-state index is 0.137. The quantitative estimate of drug-likeness (QED) is 0.846. The highest BCUT2D eigenvalue weighted by molar-refractivity contribution is 5.85. The molecule has 1 fully saturated rings. The number of nitrogens with one attached hydrogen (secondary N) is 1. The van der Waals surface area contributed by atoms with E-state index in [-0.39, 0.29) is 5.91 Å². The van der Waals surface area contributed by atoms with Crippen LogP contribution in [0.4, 0.5) is 0 Å². The van der Waals surface area contributed by atoms with E-state index in [2.05, 4.69) is 16.4 Å². The Balaban J connectivity index is 1.99. The molecule has 1 heterocycles. The first-order valence-electron chi connectivity index (χ1n) is 6.86. The molecule has 1 aromatic rings. The van der Waals surface area contributed by atoms with Crippen molar-refractivity contribution in [2.45, 2.75) is 45.1 Å². The predicted octanol–water partition coefficient (Wildman–Crippen LogP) is 2.56. The maximum absolute atomic E-state index is 12.3. The molecule has 4 nitrogen and oxygen atoms in total. The molecule has 4 heteroatoms. The Labute approximate surface area is 113 Å². The molecule has 0 bridgehead atoms. The first kappa shape index (κ1) is 13.5. The van der Waals surface area contributed by atoms with Crippen molar-refractivity contribution in [1.29, 1.82) is 5.26 Å². The summed E-state index contributed by atoms with van der Waals surface area (Å²) in [5.74, 6) is -0.137. The van der Waals surface area contributed by atoms with Crippen molar-refractivity contribution >= 4 is 5.91 Å². The van der Waals surface area contributed by atoms with E-state index < -0.39 is 5.41 Å². The fraction of sp³-hybridized carbons (Fsp3) is 0.533. The molecule has 1 aliphatic carbocycles. The monoisotopic (exact) mass is 257 g/mol. The normalized spacial score (nSPS) is 18.1. The lowest BCUT2D eigenvalue weighted by Crippen LogP contribution is -2.39. The van der Waals surface area contributed by atoms with Gasteiger partial charge < -0.3 is 5.32 Å². The minimum Gasteiger partial charge on any atom is -0.349 e. The highest BCUT2D eigenvalue weighted by atomic mass is 16.2. The van der Waals surface area contributed by atoms with E-state index in [1.165, 1.54) is 0 Å². The molecule has 19 heavy (non-hydrogen) atoms. The van der Waals surface area contributed by atoms with Gasteiger partial charge in [-0.05, 0) is 25.0 Å². The van der Waals surface area contributed by atoms with Gasteiger partial charge in [0, 0.05) is 6.20 Å². The molecule has 1 saturated carbocycles. The molecule has 0 spiro atoms. The smallest absolute Gasteiger partial charge is 0.240 e. The summed E-state index contributed by atoms with van der Waals surface area (Å²) in [4.78, 5) is 16.5. The van der Waals surface area contributed by atoms with E-state index in [1.807, 2.05) is 18.2 Å². The molecular weight excluding hydrogens is 238 g/mol. The van der Waals surface area contributed by atoms with E-state index >= 15 is 0 Å². The van der Waals surface area contributed by atoms with Crippen molar-refractivity contribution in [3.05, 3.63) is 30.1 Å². The van der Waals surface area contributed by atoms with Gasteiger partial charge in [-0.25, -0.2) is 0 Å². The fourth-order valence-corrected chi connectivity index (χ4v) is 2.56. The Kier molecular flexibility index (Phi) is 4.51. The molecule has 0 atom stereocenters. The van der Waals surface area contributed by atoms with Crippen LogP contribution in [0.3, 0.4) is 0 Å². The standard InChI is InChI=1S/C15H19N3O/c16-12-15(8-4-1-2-5-9-15)14(19)18-11-13-7-3-6-10-17-13/h3,6-7,10H,1-2,4-5,8-9,11H2,(H,18,19). The van der Waals surface area contributed by atoms with Gasteiger partial charge in [-0.2, -0.15) is 5.26 Å². The minimum atomic E-state index is -0.828. The van der Waals surface area contributed by atoms with Crippen molar-refractivity contribution in [2.75, 3.05) is 0 Å². The second-order valence-corrected chi connectivity index (χ2v) is 5.11. The number of hydrogen-bond donors (Lipinski definition) is 1. The molecule has 0 aromatic carbocycles. The molecule has 0 aliphatic heterocycles. The summed E-state index contributed by atoms with van der Waals surface area (Å²) >= 11 is 0. The third kappa shape index (κ3) is 3.31. The summed E-state index contributed by atoms with van der Waals surface area (Å²) in [6.45, 7) is 0.392. The first-order chi connectivity index (χ1) is 9.27. The lowest BCUT2D eigenvalue weighted by Gasteiger charge is -2.23. The van der Waals surface area contributed by atoms with Crippen molar-refractivity contribution in [1.82, 2.24) is 10.3 Å². The second kappa shape index (κ2) is 6.33. The van der Waals surface area contributed by atoms with Gasteiger partial charge in [0.1, 0.15) is 5.41 Å². The zero-order chi connectivity index (χ0) is 13.6. The highest BCUT2D eigenvalue weighted by Crippen LogP contribution is 2.34. The third-order valence-electron chi connectivity index (χ3n) is 3.76. The summed E-state index contributed by atoms with van der Waals surface area (Å²) in [6.07, 6.45) is 7.23. The number of amides is 1. The van der Waals surface area contributed by atoms with E-state index in [1.54, 1.807) is 6.20 Å². The number of nitrogens with zero attached hydrogens (tertiary/aromatic N) is 2. The Morgan fingerprint density at radius 2 is 2.05 bits per heavy atom. The zero-order valence-corrected chi connectivity index (χ0v) is 11.1. The first-order valence-corrected chi connectivity index (χ1v) is 6.86. The summed E-state index contributed by atoms with van der Waals surface area (Å²) < 4.78 is 0. The van der Waals surface area contributed by atoms with Gasteiger partial charge in [-0.3, -0.25) is 9.78 Å². The molecule has 0 unspecified atom stereocenters. The largest absolute Gasteiger partial charge is 0.349 e. The summed E-state index contributed by atoms with van der Waals surface area (Å²) in [5.41, 5.74) is -0.0109.